The van der Waals surface area contributed by atoms with Gasteiger partial charge < -0.3 is 15.0 Å². The van der Waals surface area contributed by atoms with E-state index in [0.717, 1.165) is 33.5 Å². The minimum atomic E-state index is -0.110. The van der Waals surface area contributed by atoms with Crippen LogP contribution in [-0.2, 0) is 11.3 Å². The lowest BCUT2D eigenvalue weighted by Gasteiger charge is -2.15. The maximum atomic E-state index is 12.3. The van der Waals surface area contributed by atoms with Crippen LogP contribution < -0.4 is 15.0 Å². The topological polar surface area (TPSA) is 66.6 Å². The summed E-state index contributed by atoms with van der Waals surface area (Å²) in [6, 6.07) is 21.4. The van der Waals surface area contributed by atoms with Crippen LogP contribution >= 0.6 is 0 Å². The van der Waals surface area contributed by atoms with Crippen molar-refractivity contribution in [2.45, 2.75) is 6.54 Å². The van der Waals surface area contributed by atoms with E-state index in [2.05, 4.69) is 29.6 Å². The molecule has 0 fully saturated rings. The Morgan fingerprint density at radius 3 is 2.63 bits per heavy atom. The number of nitrogens with zero attached hydrogens (tertiary/aromatic N) is 1. The third kappa shape index (κ3) is 4.63. The van der Waals surface area contributed by atoms with Gasteiger partial charge in [0.1, 0.15) is 18.4 Å². The van der Waals surface area contributed by atoms with Gasteiger partial charge in [-0.05, 0) is 41.1 Å². The number of para-hydroxylation sites is 1. The molecule has 3 aromatic carbocycles. The molecule has 3 rings (SSSR count). The quantitative estimate of drug-likeness (QED) is 0.709. The van der Waals surface area contributed by atoms with Crippen LogP contribution in [0.2, 0.25) is 0 Å². The number of likely N-dealkylation sites (N-methyl/N-ethyl adjacent to an activating group) is 1. The summed E-state index contributed by atoms with van der Waals surface area (Å²) < 4.78 is 5.26. The second-order valence-electron chi connectivity index (χ2n) is 6.56. The highest BCUT2D eigenvalue weighted by Gasteiger charge is 2.13. The van der Waals surface area contributed by atoms with Crippen molar-refractivity contribution in [3.05, 3.63) is 71.8 Å². The number of hydrogen-bond acceptors (Lipinski definition) is 3. The second-order valence-corrected chi connectivity index (χ2v) is 6.56. The highest BCUT2D eigenvalue weighted by atomic mass is 16.5. The van der Waals surface area contributed by atoms with Crippen LogP contribution in [0, 0.1) is 11.3 Å². The molecule has 5 nitrogen and oxygen atoms in total. The Morgan fingerprint density at radius 2 is 1.85 bits per heavy atom. The molecule has 0 aliphatic rings. The number of carbonyl (C=O) groups excluding carboxylic acids is 1. The fraction of sp³-hybridized carbons (Fsp3) is 0.182. The number of benzene rings is 3. The van der Waals surface area contributed by atoms with Crippen LogP contribution in [0.3, 0.4) is 0 Å². The third-order valence-corrected chi connectivity index (χ3v) is 4.40. The molecular formula is C22H22N3O2+. The minimum Gasteiger partial charge on any atom is -0.497 e. The lowest BCUT2D eigenvalue weighted by atomic mass is 10.1. The number of fused-ring (bicyclic) bond motifs is 1. The molecule has 3 aromatic rings. The van der Waals surface area contributed by atoms with E-state index in [1.165, 1.54) is 0 Å². The average molecular weight is 360 g/mol. The molecular weight excluding hydrogens is 338 g/mol. The average Bonchev–Trinajstić information content (AvgIpc) is 2.67. The normalized spacial score (nSPS) is 11.6. The van der Waals surface area contributed by atoms with Gasteiger partial charge in [-0.3, -0.25) is 4.79 Å². The zero-order valence-corrected chi connectivity index (χ0v) is 15.5. The number of hydrogen-bond donors (Lipinski definition) is 2. The van der Waals surface area contributed by atoms with Crippen molar-refractivity contribution < 1.29 is 14.4 Å². The first-order valence-corrected chi connectivity index (χ1v) is 8.76. The zero-order valence-electron chi connectivity index (χ0n) is 15.5. The first-order chi connectivity index (χ1) is 13.1. The molecule has 1 unspecified atom stereocenters. The number of methoxy groups -OCH3 is 1. The zero-order chi connectivity index (χ0) is 19.2. The Morgan fingerprint density at radius 1 is 1.11 bits per heavy atom. The maximum Gasteiger partial charge on any atom is 0.279 e. The molecule has 2 N–H and O–H groups in total. The van der Waals surface area contributed by atoms with Crippen LogP contribution in [0.4, 0.5) is 5.69 Å². The molecule has 0 aliphatic carbocycles. The number of rotatable bonds is 6. The maximum absolute atomic E-state index is 12.3. The van der Waals surface area contributed by atoms with Gasteiger partial charge in [-0.15, -0.1) is 0 Å². The highest BCUT2D eigenvalue weighted by molar-refractivity contribution is 5.92. The fourth-order valence-corrected chi connectivity index (χ4v) is 3.08. The number of nitriles is 1. The highest BCUT2D eigenvalue weighted by Crippen LogP contribution is 2.21. The number of anilines is 1. The van der Waals surface area contributed by atoms with Gasteiger partial charge >= 0.3 is 0 Å². The molecule has 0 aromatic heterocycles. The molecule has 136 valence electrons. The molecule has 0 bridgehead atoms. The SMILES string of the molecule is COc1ccc2cc(C[NH+](C)CC(=O)Nc3ccccc3C#N)ccc2c1. The predicted molar refractivity (Wildman–Crippen MR) is 106 cm³/mol. The lowest BCUT2D eigenvalue weighted by Crippen LogP contribution is -3.08. The van der Waals surface area contributed by atoms with Crippen LogP contribution in [0.5, 0.6) is 5.75 Å². The van der Waals surface area contributed by atoms with E-state index in [1.54, 1.807) is 31.4 Å². The van der Waals surface area contributed by atoms with Gasteiger partial charge in [-0.1, -0.05) is 30.3 Å². The van der Waals surface area contributed by atoms with Gasteiger partial charge in [-0.25, -0.2) is 0 Å². The van der Waals surface area contributed by atoms with E-state index < -0.39 is 0 Å². The fourth-order valence-electron chi connectivity index (χ4n) is 3.08. The van der Waals surface area contributed by atoms with E-state index >= 15 is 0 Å². The standard InChI is InChI=1S/C22H21N3O2/c1-25(15-22(26)24-21-6-4-3-5-19(21)13-23)14-16-7-8-18-12-20(27-2)10-9-17(18)11-16/h3-12H,14-15H2,1-2H3,(H,24,26)/p+1. The molecule has 1 amide bonds. The molecule has 0 spiro atoms. The van der Waals surface area contributed by atoms with Gasteiger partial charge in [0.15, 0.2) is 6.54 Å². The summed E-state index contributed by atoms with van der Waals surface area (Å²) in [5, 5.41) is 14.2. The summed E-state index contributed by atoms with van der Waals surface area (Å²) in [5.74, 6) is 0.730. The van der Waals surface area contributed by atoms with Gasteiger partial charge in [-0.2, -0.15) is 5.26 Å². The molecule has 0 saturated carbocycles. The molecule has 1 atom stereocenters. The summed E-state index contributed by atoms with van der Waals surface area (Å²) in [6.07, 6.45) is 0. The largest absolute Gasteiger partial charge is 0.497 e. The molecule has 0 radical (unpaired) electrons. The number of nitrogens with one attached hydrogen (secondary N) is 2. The summed E-state index contributed by atoms with van der Waals surface area (Å²) >= 11 is 0. The number of ether oxygens (including phenoxy) is 1. The number of carbonyl (C=O) groups is 1. The van der Waals surface area contributed by atoms with Crippen molar-refractivity contribution in [3.8, 4) is 11.8 Å². The first kappa shape index (κ1) is 18.4. The van der Waals surface area contributed by atoms with Crippen molar-refractivity contribution >= 4 is 22.4 Å². The van der Waals surface area contributed by atoms with E-state index in [-0.39, 0.29) is 5.91 Å². The van der Waals surface area contributed by atoms with Crippen molar-refractivity contribution in [1.82, 2.24) is 0 Å². The molecule has 5 heteroatoms. The van der Waals surface area contributed by atoms with Crippen LogP contribution in [0.25, 0.3) is 10.8 Å². The van der Waals surface area contributed by atoms with Crippen molar-refractivity contribution in [1.29, 1.82) is 5.26 Å². The van der Waals surface area contributed by atoms with Crippen molar-refractivity contribution in [3.63, 3.8) is 0 Å². The Bertz CT molecular complexity index is 1010. The molecule has 0 heterocycles. The van der Waals surface area contributed by atoms with Crippen LogP contribution in [-0.4, -0.2) is 26.6 Å². The Balaban J connectivity index is 1.63. The van der Waals surface area contributed by atoms with Gasteiger partial charge in [0.05, 0.1) is 25.4 Å². The summed E-state index contributed by atoms with van der Waals surface area (Å²) in [7, 11) is 3.64. The summed E-state index contributed by atoms with van der Waals surface area (Å²) in [6.45, 7) is 1.05. The lowest BCUT2D eigenvalue weighted by molar-refractivity contribution is -0.885. The third-order valence-electron chi connectivity index (χ3n) is 4.40. The molecule has 0 saturated heterocycles. The van der Waals surface area contributed by atoms with Crippen LogP contribution in [0.1, 0.15) is 11.1 Å². The van der Waals surface area contributed by atoms with Crippen LogP contribution in [0.15, 0.2) is 60.7 Å². The van der Waals surface area contributed by atoms with Gasteiger partial charge in [0, 0.05) is 5.56 Å². The van der Waals surface area contributed by atoms with E-state index in [9.17, 15) is 4.79 Å². The van der Waals surface area contributed by atoms with Crippen molar-refractivity contribution in [2.75, 3.05) is 26.0 Å². The Kier molecular flexibility index (Phi) is 5.70. The summed E-state index contributed by atoms with van der Waals surface area (Å²) in [4.78, 5) is 13.4. The second kappa shape index (κ2) is 8.35. The van der Waals surface area contributed by atoms with E-state index in [0.29, 0.717) is 17.8 Å². The van der Waals surface area contributed by atoms with Crippen molar-refractivity contribution in [2.24, 2.45) is 0 Å². The first-order valence-electron chi connectivity index (χ1n) is 8.76. The Labute approximate surface area is 158 Å². The summed E-state index contributed by atoms with van der Waals surface area (Å²) in [5.41, 5.74) is 2.18. The predicted octanol–water partition coefficient (Wildman–Crippen LogP) is 2.37. The van der Waals surface area contributed by atoms with Gasteiger partial charge in [0.2, 0.25) is 0 Å². The number of amides is 1. The smallest absolute Gasteiger partial charge is 0.279 e. The van der Waals surface area contributed by atoms with E-state index in [4.69, 9.17) is 10.00 Å². The van der Waals surface area contributed by atoms with Gasteiger partial charge in [0.25, 0.3) is 5.91 Å². The minimum absolute atomic E-state index is 0.110. The number of quaternary nitrogens is 1. The van der Waals surface area contributed by atoms with E-state index in [1.807, 2.05) is 25.2 Å². The molecule has 0 aliphatic heterocycles. The Hall–Kier alpha value is -3.36. The molecule has 27 heavy (non-hydrogen) atoms. The monoisotopic (exact) mass is 360 g/mol.